The molecule has 7 amide bonds. The molecule has 4 heterocycles. The smallest absolute Gasteiger partial charge is 0.243 e. The first kappa shape index (κ1) is 32.8. The van der Waals surface area contributed by atoms with Crippen LogP contribution in [0.25, 0.3) is 0 Å². The van der Waals surface area contributed by atoms with Gasteiger partial charge in [0.25, 0.3) is 0 Å². The molecule has 0 radical (unpaired) electrons. The summed E-state index contributed by atoms with van der Waals surface area (Å²) in [5.74, 6) is -5.09. The van der Waals surface area contributed by atoms with E-state index in [4.69, 9.17) is 0 Å². The number of hydrogen-bond donors (Lipinski definition) is 10. The quantitative estimate of drug-likeness (QED) is 0.122. The Morgan fingerprint density at radius 1 is 0.457 bits per heavy atom. The van der Waals surface area contributed by atoms with Crippen molar-refractivity contribution in [3.8, 4) is 0 Å². The molecular weight excluding hydrogens is 606 g/mol. The first-order valence-corrected chi connectivity index (χ1v) is 14.1. The largest absolute Gasteiger partial charge is 0.348 e. The summed E-state index contributed by atoms with van der Waals surface area (Å²) in [5.41, 5.74) is 1.51. The van der Waals surface area contributed by atoms with Gasteiger partial charge < -0.3 is 52.2 Å². The third-order valence-electron chi connectivity index (χ3n) is 6.61. The molecule has 0 spiro atoms. The van der Waals surface area contributed by atoms with Crippen molar-refractivity contribution in [3.05, 3.63) is 54.7 Å². The fraction of sp³-hybridized carbons (Fsp3) is 0.385. The molecule has 0 aromatic carbocycles. The van der Waals surface area contributed by atoms with E-state index in [0.29, 0.717) is 17.1 Å². The summed E-state index contributed by atoms with van der Waals surface area (Å²) in [4.78, 5) is 110. The highest BCUT2D eigenvalue weighted by Gasteiger charge is 2.27. The number of hydrogen-bond acceptors (Lipinski definition) is 10. The summed E-state index contributed by atoms with van der Waals surface area (Å²) >= 11 is 0. The Morgan fingerprint density at radius 2 is 0.761 bits per heavy atom. The third-order valence-corrected chi connectivity index (χ3v) is 6.61. The maximum atomic E-state index is 13.1. The first-order valence-electron chi connectivity index (χ1n) is 14.1. The number of rotatable bonds is 6. The molecule has 0 bridgehead atoms. The number of carbonyl (C=O) groups is 7. The highest BCUT2D eigenvalue weighted by atomic mass is 16.2. The van der Waals surface area contributed by atoms with Crippen LogP contribution in [0.15, 0.2) is 37.6 Å². The van der Waals surface area contributed by atoms with Gasteiger partial charge in [-0.05, 0) is 0 Å². The summed E-state index contributed by atoms with van der Waals surface area (Å²) in [6.45, 7) is -2.17. The van der Waals surface area contributed by atoms with E-state index in [1.54, 1.807) is 0 Å². The molecule has 10 N–H and O–H groups in total. The normalized spacial score (nSPS) is 21.4. The van der Waals surface area contributed by atoms with Gasteiger partial charge in [0.1, 0.15) is 18.1 Å². The van der Waals surface area contributed by atoms with Crippen LogP contribution in [0.3, 0.4) is 0 Å². The second kappa shape index (κ2) is 16.1. The number of nitrogens with one attached hydrogen (secondary N) is 10. The van der Waals surface area contributed by atoms with E-state index in [2.05, 4.69) is 67.1 Å². The van der Waals surface area contributed by atoms with Crippen molar-refractivity contribution in [2.24, 2.45) is 0 Å². The van der Waals surface area contributed by atoms with Crippen LogP contribution in [0.4, 0.5) is 0 Å². The number of nitrogens with zero attached hydrogens (tertiary/aromatic N) is 3. The number of aromatic amines is 3. The Hall–Kier alpha value is -6.08. The van der Waals surface area contributed by atoms with Crippen LogP contribution in [-0.2, 0) is 52.8 Å². The molecule has 4 rings (SSSR count). The molecule has 20 heteroatoms. The van der Waals surface area contributed by atoms with Crippen LogP contribution in [0.5, 0.6) is 0 Å². The fourth-order valence-electron chi connectivity index (χ4n) is 4.33. The first-order chi connectivity index (χ1) is 22.2. The second-order valence-corrected chi connectivity index (χ2v) is 10.1. The predicted octanol–water partition coefficient (Wildman–Crippen LogP) is -5.18. The highest BCUT2D eigenvalue weighted by Crippen LogP contribution is 2.02. The molecule has 1 saturated heterocycles. The fourth-order valence-corrected chi connectivity index (χ4v) is 4.33. The number of H-pyrrole nitrogens is 3. The van der Waals surface area contributed by atoms with Gasteiger partial charge in [-0.25, -0.2) is 15.0 Å². The van der Waals surface area contributed by atoms with Gasteiger partial charge in [0.2, 0.25) is 41.4 Å². The van der Waals surface area contributed by atoms with Gasteiger partial charge in [0.05, 0.1) is 45.2 Å². The molecule has 0 saturated carbocycles. The Kier molecular flexibility index (Phi) is 11.5. The number of amides is 7. The standard InChI is InChI=1S/C26H33N13O7/c40-20-7-31-24(44)17(1-14-4-27-11-34-14)38-22(42)9-33-26(46)19(3-16-6-29-13-36-16)39-23(43)10-32-25(45)18(37-21(41)8-30-20)2-15-5-28-12-35-15/h4-6,11-13,17-19H,1-3,7-10H2,(H,27,34)(H,28,35)(H,29,36)(H,30,40)(H,31,44)(H,32,45)(H,33,46)(H,37,41)(H,38,42)(H,39,43). The molecule has 3 unspecified atom stereocenters. The topological polar surface area (TPSA) is 290 Å². The summed E-state index contributed by atoms with van der Waals surface area (Å²) in [6.07, 6.45) is 8.45. The maximum Gasteiger partial charge on any atom is 0.243 e. The summed E-state index contributed by atoms with van der Waals surface area (Å²) in [7, 11) is 0. The van der Waals surface area contributed by atoms with Crippen molar-refractivity contribution in [2.75, 3.05) is 26.2 Å². The van der Waals surface area contributed by atoms with Crippen molar-refractivity contribution in [1.29, 1.82) is 0 Å². The number of imidazole rings is 3. The average Bonchev–Trinajstić information content (AvgIpc) is 3.84. The zero-order valence-corrected chi connectivity index (χ0v) is 24.3. The lowest BCUT2D eigenvalue weighted by molar-refractivity contribution is -0.132. The molecule has 244 valence electrons. The molecule has 1 aliphatic rings. The van der Waals surface area contributed by atoms with Crippen molar-refractivity contribution in [1.82, 2.24) is 67.1 Å². The molecule has 46 heavy (non-hydrogen) atoms. The van der Waals surface area contributed by atoms with E-state index in [1.165, 1.54) is 37.6 Å². The van der Waals surface area contributed by atoms with Gasteiger partial charge in [-0.3, -0.25) is 33.6 Å². The van der Waals surface area contributed by atoms with Gasteiger partial charge in [0.15, 0.2) is 0 Å². The molecule has 1 aliphatic heterocycles. The van der Waals surface area contributed by atoms with Crippen LogP contribution in [0.2, 0.25) is 0 Å². The lowest BCUT2D eigenvalue weighted by Gasteiger charge is -2.20. The zero-order valence-electron chi connectivity index (χ0n) is 24.3. The van der Waals surface area contributed by atoms with E-state index < -0.39 is 85.7 Å². The van der Waals surface area contributed by atoms with Crippen LogP contribution in [-0.4, -0.2) is 116 Å². The van der Waals surface area contributed by atoms with E-state index in [0.717, 1.165) is 0 Å². The molecular formula is C26H33N13O7. The SMILES string of the molecule is O=C1CNC(=O)C(Cc2cnc[nH]2)NC(=O)CNC(=O)C(Cc2cnc[nH]2)NC(=O)CNC(=O)C(Cc2cnc[nH]2)NC(=O)CN1. The molecule has 3 aromatic rings. The zero-order chi connectivity index (χ0) is 32.9. The van der Waals surface area contributed by atoms with Crippen LogP contribution in [0.1, 0.15) is 17.1 Å². The van der Waals surface area contributed by atoms with E-state index in [9.17, 15) is 33.6 Å². The lowest BCUT2D eigenvalue weighted by Crippen LogP contribution is -2.55. The van der Waals surface area contributed by atoms with E-state index >= 15 is 0 Å². The summed E-state index contributed by atoms with van der Waals surface area (Å²) in [6, 6.07) is -3.53. The maximum absolute atomic E-state index is 13.1. The van der Waals surface area contributed by atoms with Gasteiger partial charge in [-0.15, -0.1) is 0 Å². The molecule has 1 fully saturated rings. The van der Waals surface area contributed by atoms with E-state index in [-0.39, 0.29) is 19.3 Å². The monoisotopic (exact) mass is 639 g/mol. The van der Waals surface area contributed by atoms with Gasteiger partial charge >= 0.3 is 0 Å². The number of carbonyl (C=O) groups excluding carboxylic acids is 7. The average molecular weight is 640 g/mol. The Morgan fingerprint density at radius 3 is 1.07 bits per heavy atom. The lowest BCUT2D eigenvalue weighted by atomic mass is 10.1. The Labute approximate surface area is 260 Å². The second-order valence-electron chi connectivity index (χ2n) is 10.1. The Bertz CT molecular complexity index is 1470. The minimum absolute atomic E-state index is 0.0210. The van der Waals surface area contributed by atoms with Crippen LogP contribution < -0.4 is 37.2 Å². The minimum atomic E-state index is -1.19. The van der Waals surface area contributed by atoms with Crippen LogP contribution >= 0.6 is 0 Å². The van der Waals surface area contributed by atoms with Gasteiger partial charge in [0, 0.05) is 54.9 Å². The molecule has 3 aromatic heterocycles. The van der Waals surface area contributed by atoms with Crippen molar-refractivity contribution < 1.29 is 33.6 Å². The Balaban J connectivity index is 1.51. The molecule has 20 nitrogen and oxygen atoms in total. The van der Waals surface area contributed by atoms with Crippen LogP contribution in [0, 0.1) is 0 Å². The third kappa shape index (κ3) is 10.3. The van der Waals surface area contributed by atoms with E-state index in [1.807, 2.05) is 0 Å². The summed E-state index contributed by atoms with van der Waals surface area (Å²) < 4.78 is 0. The molecule has 3 atom stereocenters. The van der Waals surface area contributed by atoms with Crippen molar-refractivity contribution >= 4 is 41.4 Å². The van der Waals surface area contributed by atoms with Crippen molar-refractivity contribution in [2.45, 2.75) is 37.4 Å². The molecule has 0 aliphatic carbocycles. The predicted molar refractivity (Wildman–Crippen MR) is 155 cm³/mol. The minimum Gasteiger partial charge on any atom is -0.348 e. The highest BCUT2D eigenvalue weighted by molar-refractivity contribution is 5.96. The van der Waals surface area contributed by atoms with Gasteiger partial charge in [-0.1, -0.05) is 0 Å². The van der Waals surface area contributed by atoms with Crippen molar-refractivity contribution in [3.63, 3.8) is 0 Å². The van der Waals surface area contributed by atoms with Gasteiger partial charge in [-0.2, -0.15) is 0 Å². The number of aromatic nitrogens is 6. The summed E-state index contributed by atoms with van der Waals surface area (Å²) in [5, 5.41) is 17.1.